The zero-order valence-corrected chi connectivity index (χ0v) is 13.5. The highest BCUT2D eigenvalue weighted by atomic mass is 16.2. The Balaban J connectivity index is 1.96. The van der Waals surface area contributed by atoms with E-state index in [9.17, 15) is 4.79 Å². The molecule has 2 heterocycles. The summed E-state index contributed by atoms with van der Waals surface area (Å²) in [4.78, 5) is 17.2. The largest absolute Gasteiger partial charge is 0.381 e. The van der Waals surface area contributed by atoms with Gasteiger partial charge in [-0.1, -0.05) is 30.3 Å². The number of hydrogen-bond donors (Lipinski definition) is 1. The molecular formula is C18H17N5O. The van der Waals surface area contributed by atoms with Crippen molar-refractivity contribution >= 4 is 22.5 Å². The lowest BCUT2D eigenvalue weighted by Crippen LogP contribution is -2.22. The van der Waals surface area contributed by atoms with Gasteiger partial charge >= 0.3 is 5.69 Å². The van der Waals surface area contributed by atoms with Crippen LogP contribution in [0.4, 0.5) is 5.82 Å². The molecule has 0 saturated carbocycles. The molecule has 0 aliphatic rings. The fourth-order valence-electron chi connectivity index (χ4n) is 2.97. The van der Waals surface area contributed by atoms with Crippen LogP contribution in [-0.4, -0.2) is 19.2 Å². The summed E-state index contributed by atoms with van der Waals surface area (Å²) in [6.07, 6.45) is 0. The lowest BCUT2D eigenvalue weighted by atomic mass is 10.0. The third-order valence-electron chi connectivity index (χ3n) is 4.47. The van der Waals surface area contributed by atoms with Gasteiger partial charge in [0.25, 0.3) is 0 Å². The van der Waals surface area contributed by atoms with Crippen LogP contribution in [0.2, 0.25) is 0 Å². The number of rotatable bonds is 2. The molecule has 6 heteroatoms. The van der Waals surface area contributed by atoms with Crippen LogP contribution in [0.15, 0.2) is 47.3 Å². The van der Waals surface area contributed by atoms with E-state index in [0.29, 0.717) is 23.2 Å². The van der Waals surface area contributed by atoms with Crippen molar-refractivity contribution in [3.63, 3.8) is 0 Å². The van der Waals surface area contributed by atoms with Crippen LogP contribution in [-0.2, 0) is 6.54 Å². The number of nitrogens with zero attached hydrogens (tertiary/aromatic N) is 4. The number of fused-ring (bicyclic) bond motifs is 3. The van der Waals surface area contributed by atoms with Gasteiger partial charge in [-0.3, -0.25) is 0 Å². The van der Waals surface area contributed by atoms with Gasteiger partial charge in [-0.05, 0) is 42.7 Å². The summed E-state index contributed by atoms with van der Waals surface area (Å²) in [7, 11) is 0. The number of hydrogen-bond acceptors (Lipinski definition) is 4. The van der Waals surface area contributed by atoms with Crippen LogP contribution in [0.1, 0.15) is 16.7 Å². The summed E-state index contributed by atoms with van der Waals surface area (Å²) in [6.45, 7) is 4.51. The van der Waals surface area contributed by atoms with E-state index in [1.54, 1.807) is 0 Å². The summed E-state index contributed by atoms with van der Waals surface area (Å²) in [5, 5.41) is 4.41. The predicted octanol–water partition coefficient (Wildman–Crippen LogP) is 2.29. The Kier molecular flexibility index (Phi) is 3.13. The van der Waals surface area contributed by atoms with E-state index in [1.807, 2.05) is 36.4 Å². The van der Waals surface area contributed by atoms with Crippen molar-refractivity contribution in [3.8, 4) is 0 Å². The van der Waals surface area contributed by atoms with E-state index in [0.717, 1.165) is 11.1 Å². The molecule has 0 saturated heterocycles. The Bertz CT molecular complexity index is 1140. The van der Waals surface area contributed by atoms with Crippen LogP contribution >= 0.6 is 0 Å². The number of aromatic nitrogens is 4. The molecule has 4 aromatic rings. The number of aryl methyl sites for hydroxylation is 1. The van der Waals surface area contributed by atoms with Crippen molar-refractivity contribution in [3.05, 3.63) is 69.6 Å². The van der Waals surface area contributed by atoms with E-state index < -0.39 is 0 Å². The Morgan fingerprint density at radius 1 is 1.08 bits per heavy atom. The molecule has 2 N–H and O–H groups in total. The van der Waals surface area contributed by atoms with Gasteiger partial charge in [0, 0.05) is 0 Å². The predicted molar refractivity (Wildman–Crippen MR) is 94.2 cm³/mol. The quantitative estimate of drug-likeness (QED) is 0.615. The van der Waals surface area contributed by atoms with Crippen LogP contribution < -0.4 is 11.4 Å². The molecule has 4 rings (SSSR count). The zero-order valence-electron chi connectivity index (χ0n) is 13.5. The summed E-state index contributed by atoms with van der Waals surface area (Å²) < 4.78 is 2.98. The van der Waals surface area contributed by atoms with Crippen LogP contribution in [0, 0.1) is 13.8 Å². The highest BCUT2D eigenvalue weighted by Gasteiger charge is 2.15. The molecule has 0 bridgehead atoms. The van der Waals surface area contributed by atoms with E-state index in [2.05, 4.69) is 30.0 Å². The second kappa shape index (κ2) is 5.19. The molecular weight excluding hydrogens is 302 g/mol. The van der Waals surface area contributed by atoms with Gasteiger partial charge in [0.1, 0.15) is 0 Å². The summed E-state index contributed by atoms with van der Waals surface area (Å²) in [6, 6.07) is 13.5. The maximum absolute atomic E-state index is 12.9. The Hall–Kier alpha value is -3.15. The molecule has 2 aromatic heterocycles. The Morgan fingerprint density at radius 2 is 1.88 bits per heavy atom. The average Bonchev–Trinajstić information content (AvgIpc) is 2.90. The number of nitrogen functional groups attached to an aromatic ring is 1. The van der Waals surface area contributed by atoms with Gasteiger partial charge in [0.15, 0.2) is 5.82 Å². The van der Waals surface area contributed by atoms with Crippen molar-refractivity contribution in [2.24, 2.45) is 0 Å². The minimum absolute atomic E-state index is 0.212. The van der Waals surface area contributed by atoms with E-state index in [1.165, 1.54) is 14.6 Å². The van der Waals surface area contributed by atoms with Crippen molar-refractivity contribution in [2.45, 2.75) is 20.4 Å². The molecule has 0 aliphatic carbocycles. The molecule has 0 amide bonds. The summed E-state index contributed by atoms with van der Waals surface area (Å²) in [5.41, 5.74) is 11.0. The molecule has 0 radical (unpaired) electrons. The zero-order chi connectivity index (χ0) is 16.8. The average molecular weight is 319 g/mol. The molecule has 120 valence electrons. The first-order chi connectivity index (χ1) is 11.6. The Morgan fingerprint density at radius 3 is 2.71 bits per heavy atom. The maximum atomic E-state index is 12.9. The number of benzene rings is 2. The summed E-state index contributed by atoms with van der Waals surface area (Å²) in [5.74, 6) is 0.255. The SMILES string of the molecule is Cc1cccc(Cn2nc3c(N)nc4ccccc4n3c2=O)c1C. The topological polar surface area (TPSA) is 78.2 Å². The van der Waals surface area contributed by atoms with Gasteiger partial charge in [-0.2, -0.15) is 0 Å². The monoisotopic (exact) mass is 319 g/mol. The fraction of sp³-hybridized carbons (Fsp3) is 0.167. The normalized spacial score (nSPS) is 11.4. The number of nitrogens with two attached hydrogens (primary N) is 1. The minimum atomic E-state index is -0.212. The molecule has 0 atom stereocenters. The molecule has 6 nitrogen and oxygen atoms in total. The van der Waals surface area contributed by atoms with Crippen LogP contribution in [0.5, 0.6) is 0 Å². The Labute approximate surface area is 138 Å². The first-order valence-corrected chi connectivity index (χ1v) is 7.75. The molecule has 2 aromatic carbocycles. The molecule has 0 unspecified atom stereocenters. The maximum Gasteiger partial charge on any atom is 0.351 e. The van der Waals surface area contributed by atoms with Crippen molar-refractivity contribution < 1.29 is 0 Å². The van der Waals surface area contributed by atoms with Gasteiger partial charge in [-0.15, -0.1) is 5.10 Å². The second-order valence-corrected chi connectivity index (χ2v) is 5.94. The van der Waals surface area contributed by atoms with Gasteiger partial charge < -0.3 is 5.73 Å². The van der Waals surface area contributed by atoms with Gasteiger partial charge in [0.2, 0.25) is 5.65 Å². The lowest BCUT2D eigenvalue weighted by molar-refractivity contribution is 0.657. The van der Waals surface area contributed by atoms with Gasteiger partial charge in [0.05, 0.1) is 17.6 Å². The molecule has 0 fully saturated rings. The molecule has 0 aliphatic heterocycles. The highest BCUT2D eigenvalue weighted by Crippen LogP contribution is 2.17. The third-order valence-corrected chi connectivity index (χ3v) is 4.47. The first kappa shape index (κ1) is 14.4. The minimum Gasteiger partial charge on any atom is -0.381 e. The van der Waals surface area contributed by atoms with Crippen molar-refractivity contribution in [1.29, 1.82) is 0 Å². The standard InChI is InChI=1S/C18H17N5O/c1-11-6-5-7-13(12(11)2)10-22-18(24)23-15-9-4-3-8-14(15)20-16(19)17(23)21-22/h3-9H,10H2,1-2H3,(H2,19,20). The van der Waals surface area contributed by atoms with Crippen LogP contribution in [0.3, 0.4) is 0 Å². The third kappa shape index (κ3) is 2.07. The van der Waals surface area contributed by atoms with Crippen molar-refractivity contribution in [2.75, 3.05) is 5.73 Å². The van der Waals surface area contributed by atoms with E-state index >= 15 is 0 Å². The summed E-state index contributed by atoms with van der Waals surface area (Å²) >= 11 is 0. The van der Waals surface area contributed by atoms with Crippen LogP contribution in [0.25, 0.3) is 16.7 Å². The molecule has 0 spiro atoms. The van der Waals surface area contributed by atoms with E-state index in [-0.39, 0.29) is 11.5 Å². The highest BCUT2D eigenvalue weighted by molar-refractivity contribution is 5.81. The first-order valence-electron chi connectivity index (χ1n) is 7.75. The van der Waals surface area contributed by atoms with E-state index in [4.69, 9.17) is 5.73 Å². The number of para-hydroxylation sites is 2. The smallest absolute Gasteiger partial charge is 0.351 e. The lowest BCUT2D eigenvalue weighted by Gasteiger charge is -2.07. The van der Waals surface area contributed by atoms with Crippen molar-refractivity contribution in [1.82, 2.24) is 19.2 Å². The fourth-order valence-corrected chi connectivity index (χ4v) is 2.97. The second-order valence-electron chi connectivity index (χ2n) is 5.94. The van der Waals surface area contributed by atoms with Gasteiger partial charge in [-0.25, -0.2) is 18.9 Å². The molecule has 24 heavy (non-hydrogen) atoms. The number of anilines is 1.